The van der Waals surface area contributed by atoms with Crippen LogP contribution < -0.4 is 5.32 Å². The molecule has 0 spiro atoms. The first kappa shape index (κ1) is 12.3. The maximum atomic E-state index is 9.51. The molecule has 14 heavy (non-hydrogen) atoms. The van der Waals surface area contributed by atoms with Gasteiger partial charge in [0.05, 0.1) is 5.60 Å². The van der Waals surface area contributed by atoms with Crippen molar-refractivity contribution < 1.29 is 5.11 Å². The third-order valence-electron chi connectivity index (χ3n) is 2.69. The second kappa shape index (κ2) is 5.99. The van der Waals surface area contributed by atoms with Crippen molar-refractivity contribution in [1.29, 1.82) is 0 Å². The van der Waals surface area contributed by atoms with Gasteiger partial charge in [0.2, 0.25) is 0 Å². The molecule has 3 heteroatoms. The highest BCUT2D eigenvalue weighted by Crippen LogP contribution is 2.21. The largest absolute Gasteiger partial charge is 0.390 e. The standard InChI is InChI=1S/C11H23NOS/c1-11(2,13)5-6-12-9-10-3-7-14-8-4-10/h10,12-13H,3-9H2,1-2H3. The molecule has 0 aromatic carbocycles. The third-order valence-corrected chi connectivity index (χ3v) is 3.74. The minimum Gasteiger partial charge on any atom is -0.390 e. The van der Waals surface area contributed by atoms with Crippen LogP contribution in [-0.4, -0.2) is 35.3 Å². The van der Waals surface area contributed by atoms with Gasteiger partial charge in [0.25, 0.3) is 0 Å². The average molecular weight is 217 g/mol. The van der Waals surface area contributed by atoms with Gasteiger partial charge in [-0.3, -0.25) is 0 Å². The molecule has 0 aromatic rings. The van der Waals surface area contributed by atoms with Crippen LogP contribution in [0.15, 0.2) is 0 Å². The Kier molecular flexibility index (Phi) is 5.28. The van der Waals surface area contributed by atoms with Crippen LogP contribution in [0.4, 0.5) is 0 Å². The number of hydrogen-bond acceptors (Lipinski definition) is 3. The van der Waals surface area contributed by atoms with Crippen molar-refractivity contribution in [3.05, 3.63) is 0 Å². The number of nitrogens with one attached hydrogen (secondary N) is 1. The van der Waals surface area contributed by atoms with Gasteiger partial charge in [-0.15, -0.1) is 0 Å². The Bertz CT molecular complexity index is 150. The average Bonchev–Trinajstić information content (AvgIpc) is 2.13. The zero-order valence-corrected chi connectivity index (χ0v) is 10.2. The smallest absolute Gasteiger partial charge is 0.0603 e. The molecule has 1 saturated heterocycles. The molecule has 0 bridgehead atoms. The molecule has 0 radical (unpaired) electrons. The molecule has 0 amide bonds. The molecule has 2 N–H and O–H groups in total. The van der Waals surface area contributed by atoms with Gasteiger partial charge < -0.3 is 10.4 Å². The predicted octanol–water partition coefficient (Wildman–Crippen LogP) is 1.88. The zero-order chi connectivity index (χ0) is 10.4. The van der Waals surface area contributed by atoms with E-state index in [2.05, 4.69) is 17.1 Å². The van der Waals surface area contributed by atoms with Gasteiger partial charge in [-0.25, -0.2) is 0 Å². The van der Waals surface area contributed by atoms with E-state index in [1.54, 1.807) is 0 Å². The van der Waals surface area contributed by atoms with Crippen molar-refractivity contribution in [2.45, 2.75) is 38.7 Å². The highest BCUT2D eigenvalue weighted by molar-refractivity contribution is 7.99. The van der Waals surface area contributed by atoms with Crippen LogP contribution in [0.2, 0.25) is 0 Å². The number of aliphatic hydroxyl groups is 1. The van der Waals surface area contributed by atoms with Gasteiger partial charge in [-0.1, -0.05) is 0 Å². The Balaban J connectivity index is 1.97. The number of hydrogen-bond donors (Lipinski definition) is 2. The van der Waals surface area contributed by atoms with E-state index >= 15 is 0 Å². The Morgan fingerprint density at radius 1 is 1.36 bits per heavy atom. The van der Waals surface area contributed by atoms with Gasteiger partial charge in [-0.2, -0.15) is 11.8 Å². The molecule has 1 aliphatic heterocycles. The minimum atomic E-state index is -0.518. The van der Waals surface area contributed by atoms with Crippen LogP contribution in [0.25, 0.3) is 0 Å². The molecular weight excluding hydrogens is 194 g/mol. The second-order valence-corrected chi connectivity index (χ2v) is 6.05. The molecule has 0 atom stereocenters. The molecule has 1 rings (SSSR count). The van der Waals surface area contributed by atoms with Crippen LogP contribution in [0.5, 0.6) is 0 Å². The highest BCUT2D eigenvalue weighted by Gasteiger charge is 2.14. The van der Waals surface area contributed by atoms with E-state index in [4.69, 9.17) is 0 Å². The van der Waals surface area contributed by atoms with Gasteiger partial charge in [0, 0.05) is 0 Å². The summed E-state index contributed by atoms with van der Waals surface area (Å²) in [5.41, 5.74) is -0.518. The zero-order valence-electron chi connectivity index (χ0n) is 9.38. The summed E-state index contributed by atoms with van der Waals surface area (Å²) in [6.07, 6.45) is 3.56. The lowest BCUT2D eigenvalue weighted by molar-refractivity contribution is 0.0709. The normalized spacial score (nSPS) is 19.9. The summed E-state index contributed by atoms with van der Waals surface area (Å²) in [4.78, 5) is 0. The molecule has 84 valence electrons. The minimum absolute atomic E-state index is 0.518. The predicted molar refractivity (Wildman–Crippen MR) is 63.8 cm³/mol. The fourth-order valence-electron chi connectivity index (χ4n) is 1.65. The lowest BCUT2D eigenvalue weighted by atomic mass is 10.0. The molecule has 0 saturated carbocycles. The maximum Gasteiger partial charge on any atom is 0.0603 e. The van der Waals surface area contributed by atoms with Crippen LogP contribution in [0, 0.1) is 5.92 Å². The van der Waals surface area contributed by atoms with Crippen LogP contribution in [0.3, 0.4) is 0 Å². The summed E-state index contributed by atoms with van der Waals surface area (Å²) in [6, 6.07) is 0. The monoisotopic (exact) mass is 217 g/mol. The summed E-state index contributed by atoms with van der Waals surface area (Å²) in [7, 11) is 0. The Morgan fingerprint density at radius 2 is 2.00 bits per heavy atom. The number of thioether (sulfide) groups is 1. The van der Waals surface area contributed by atoms with E-state index in [-0.39, 0.29) is 0 Å². The van der Waals surface area contributed by atoms with Crippen molar-refractivity contribution in [1.82, 2.24) is 5.32 Å². The lowest BCUT2D eigenvalue weighted by Crippen LogP contribution is -2.31. The fraction of sp³-hybridized carbons (Fsp3) is 1.00. The summed E-state index contributed by atoms with van der Waals surface area (Å²) in [5.74, 6) is 3.54. The molecule has 1 heterocycles. The summed E-state index contributed by atoms with van der Waals surface area (Å²) in [6.45, 7) is 5.81. The second-order valence-electron chi connectivity index (χ2n) is 4.82. The van der Waals surface area contributed by atoms with Gasteiger partial charge in [-0.05, 0) is 63.6 Å². The van der Waals surface area contributed by atoms with E-state index in [9.17, 15) is 5.11 Å². The van der Waals surface area contributed by atoms with Gasteiger partial charge in [0.1, 0.15) is 0 Å². The van der Waals surface area contributed by atoms with Crippen molar-refractivity contribution in [3.63, 3.8) is 0 Å². The van der Waals surface area contributed by atoms with E-state index in [0.29, 0.717) is 0 Å². The maximum absolute atomic E-state index is 9.51. The summed E-state index contributed by atoms with van der Waals surface area (Å²) >= 11 is 2.07. The van der Waals surface area contributed by atoms with Gasteiger partial charge >= 0.3 is 0 Å². The molecule has 2 nitrogen and oxygen atoms in total. The van der Waals surface area contributed by atoms with E-state index in [1.165, 1.54) is 24.3 Å². The Labute approximate surface area is 91.9 Å². The summed E-state index contributed by atoms with van der Waals surface area (Å²) < 4.78 is 0. The summed E-state index contributed by atoms with van der Waals surface area (Å²) in [5, 5.41) is 13.0. The van der Waals surface area contributed by atoms with E-state index < -0.39 is 5.60 Å². The number of rotatable bonds is 5. The Morgan fingerprint density at radius 3 is 2.57 bits per heavy atom. The topological polar surface area (TPSA) is 32.3 Å². The Hall–Kier alpha value is 0.270. The molecule has 0 aliphatic carbocycles. The van der Waals surface area contributed by atoms with Crippen LogP contribution >= 0.6 is 11.8 Å². The SMILES string of the molecule is CC(C)(O)CCNCC1CCSCC1. The van der Waals surface area contributed by atoms with E-state index in [0.717, 1.165) is 25.4 Å². The lowest BCUT2D eigenvalue weighted by Gasteiger charge is -2.23. The first-order valence-electron chi connectivity index (χ1n) is 5.59. The van der Waals surface area contributed by atoms with Crippen molar-refractivity contribution in [2.24, 2.45) is 5.92 Å². The molecule has 0 unspecified atom stereocenters. The first-order valence-corrected chi connectivity index (χ1v) is 6.74. The van der Waals surface area contributed by atoms with Crippen LogP contribution in [0.1, 0.15) is 33.1 Å². The van der Waals surface area contributed by atoms with Crippen molar-refractivity contribution in [2.75, 3.05) is 24.6 Å². The van der Waals surface area contributed by atoms with Crippen molar-refractivity contribution in [3.8, 4) is 0 Å². The molecule has 0 aromatic heterocycles. The molecular formula is C11H23NOS. The van der Waals surface area contributed by atoms with Crippen molar-refractivity contribution >= 4 is 11.8 Å². The quantitative estimate of drug-likeness (QED) is 0.690. The fourth-order valence-corrected chi connectivity index (χ4v) is 2.86. The van der Waals surface area contributed by atoms with Crippen LogP contribution in [-0.2, 0) is 0 Å². The highest BCUT2D eigenvalue weighted by atomic mass is 32.2. The third kappa shape index (κ3) is 5.89. The first-order chi connectivity index (χ1) is 6.58. The molecule has 1 fully saturated rings. The molecule has 1 aliphatic rings. The van der Waals surface area contributed by atoms with E-state index in [1.807, 2.05) is 13.8 Å². The van der Waals surface area contributed by atoms with Gasteiger partial charge in [0.15, 0.2) is 0 Å².